The maximum atomic E-state index is 6.23. The maximum Gasteiger partial charge on any atom is 0.189 e. The van der Waals surface area contributed by atoms with Crippen LogP contribution in [0.1, 0.15) is 0 Å². The second-order valence-electron chi connectivity index (χ2n) is 6.98. The van der Waals surface area contributed by atoms with Crippen LogP contribution in [0.3, 0.4) is 0 Å². The van der Waals surface area contributed by atoms with E-state index in [4.69, 9.17) is 10.7 Å². The third-order valence-corrected chi connectivity index (χ3v) is 7.69. The van der Waals surface area contributed by atoms with E-state index in [9.17, 15) is 0 Å². The summed E-state index contributed by atoms with van der Waals surface area (Å²) in [7, 11) is 4.05. The summed E-state index contributed by atoms with van der Waals surface area (Å²) in [5.74, 6) is 0.503. The Morgan fingerprint density at radius 1 is 0.933 bits per heavy atom. The average molecular weight is 450 g/mol. The first kappa shape index (κ1) is 19.0. The highest BCUT2D eigenvalue weighted by Gasteiger charge is 2.16. The van der Waals surface area contributed by atoms with Crippen LogP contribution < -0.4 is 16.0 Å². The van der Waals surface area contributed by atoms with Crippen LogP contribution in [0.15, 0.2) is 59.3 Å². The highest BCUT2D eigenvalue weighted by Crippen LogP contribution is 2.41. The van der Waals surface area contributed by atoms with E-state index >= 15 is 0 Å². The number of nitrogen functional groups attached to an aromatic ring is 1. The molecule has 0 spiro atoms. The second-order valence-corrected chi connectivity index (χ2v) is 9.75. The fourth-order valence-corrected chi connectivity index (χ4v) is 5.96. The van der Waals surface area contributed by atoms with Crippen LogP contribution in [0, 0.1) is 0 Å². The fraction of sp³-hybridized carbons (Fsp3) is 0.0909. The van der Waals surface area contributed by atoms with E-state index in [0.29, 0.717) is 5.82 Å². The normalized spacial score (nSPS) is 11.1. The van der Waals surface area contributed by atoms with E-state index < -0.39 is 0 Å². The molecule has 2 aromatic carbocycles. The summed E-state index contributed by atoms with van der Waals surface area (Å²) in [6.45, 7) is 0. The lowest BCUT2D eigenvalue weighted by Gasteiger charge is -2.12. The summed E-state index contributed by atoms with van der Waals surface area (Å²) >= 11 is 4.87. The van der Waals surface area contributed by atoms with Crippen LogP contribution >= 0.6 is 34.0 Å². The molecule has 0 amide bonds. The number of hydrogen-bond donors (Lipinski definition) is 2. The molecule has 0 aliphatic carbocycles. The third-order valence-electron chi connectivity index (χ3n) is 4.74. The Morgan fingerprint density at radius 3 is 2.53 bits per heavy atom. The number of rotatable bonds is 5. The molecule has 0 unspecified atom stereocenters. The van der Waals surface area contributed by atoms with Crippen molar-refractivity contribution in [2.24, 2.45) is 0 Å². The molecule has 5 rings (SSSR count). The van der Waals surface area contributed by atoms with Gasteiger partial charge >= 0.3 is 0 Å². The maximum absolute atomic E-state index is 6.23. The molecule has 0 aliphatic heterocycles. The summed E-state index contributed by atoms with van der Waals surface area (Å²) in [6.07, 6.45) is 0. The van der Waals surface area contributed by atoms with Gasteiger partial charge in [-0.2, -0.15) is 0 Å². The van der Waals surface area contributed by atoms with Crippen molar-refractivity contribution in [3.8, 4) is 21.1 Å². The van der Waals surface area contributed by atoms with Gasteiger partial charge in [0.1, 0.15) is 15.7 Å². The Bertz CT molecular complexity index is 1310. The zero-order chi connectivity index (χ0) is 20.7. The number of nitrogens with one attached hydrogen (secondary N) is 1. The molecule has 30 heavy (non-hydrogen) atoms. The van der Waals surface area contributed by atoms with Crippen molar-refractivity contribution < 1.29 is 0 Å². The van der Waals surface area contributed by atoms with Gasteiger partial charge in [-0.15, -0.1) is 22.7 Å². The highest BCUT2D eigenvalue weighted by molar-refractivity contribution is 7.23. The molecular weight excluding hydrogens is 430 g/mol. The first-order chi connectivity index (χ1) is 14.6. The van der Waals surface area contributed by atoms with Crippen molar-refractivity contribution >= 4 is 66.4 Å². The first-order valence-corrected chi connectivity index (χ1v) is 11.9. The molecule has 3 N–H and O–H groups in total. The summed E-state index contributed by atoms with van der Waals surface area (Å²) in [5, 5.41) is 10.5. The highest BCUT2D eigenvalue weighted by atomic mass is 32.1. The zero-order valence-electron chi connectivity index (χ0n) is 16.4. The molecular formula is C22H19N5S3. The summed E-state index contributed by atoms with van der Waals surface area (Å²) < 4.78 is 1.27. The monoisotopic (exact) mass is 449 g/mol. The lowest BCUT2D eigenvalue weighted by Crippen LogP contribution is -2.08. The molecule has 0 saturated heterocycles. The van der Waals surface area contributed by atoms with E-state index in [-0.39, 0.29) is 0 Å². The summed E-state index contributed by atoms with van der Waals surface area (Å²) in [4.78, 5) is 12.3. The number of thiophene rings is 1. The third kappa shape index (κ3) is 3.54. The predicted octanol–water partition coefficient (Wildman–Crippen LogP) is 6.54. The molecule has 3 heterocycles. The topological polar surface area (TPSA) is 67.1 Å². The number of hydrogen-bond acceptors (Lipinski definition) is 8. The number of nitrogens with two attached hydrogens (primary N) is 1. The van der Waals surface area contributed by atoms with Crippen molar-refractivity contribution in [1.82, 2.24) is 9.97 Å². The Hall–Kier alpha value is -2.94. The van der Waals surface area contributed by atoms with E-state index in [1.54, 1.807) is 22.7 Å². The number of nitrogens with zero attached hydrogens (tertiary/aromatic N) is 3. The van der Waals surface area contributed by atoms with Gasteiger partial charge in [-0.1, -0.05) is 29.5 Å². The van der Waals surface area contributed by atoms with Crippen LogP contribution in [0.2, 0.25) is 0 Å². The van der Waals surface area contributed by atoms with Gasteiger partial charge < -0.3 is 16.0 Å². The van der Waals surface area contributed by atoms with Gasteiger partial charge in [-0.25, -0.2) is 9.97 Å². The van der Waals surface area contributed by atoms with Gasteiger partial charge in [0.05, 0.1) is 5.69 Å². The number of thiazole rings is 2. The molecule has 0 atom stereocenters. The minimum Gasteiger partial charge on any atom is -0.382 e. The lowest BCUT2D eigenvalue weighted by atomic mass is 10.1. The predicted molar refractivity (Wildman–Crippen MR) is 133 cm³/mol. The molecule has 0 fully saturated rings. The van der Waals surface area contributed by atoms with Gasteiger partial charge in [0.15, 0.2) is 5.13 Å². The summed E-state index contributed by atoms with van der Waals surface area (Å²) in [6, 6.07) is 16.6. The largest absolute Gasteiger partial charge is 0.382 e. The van der Waals surface area contributed by atoms with E-state index in [2.05, 4.69) is 62.4 Å². The van der Waals surface area contributed by atoms with E-state index in [1.807, 2.05) is 26.2 Å². The average Bonchev–Trinajstić information content (AvgIpc) is 3.46. The number of anilines is 4. The minimum absolute atomic E-state index is 0.503. The zero-order valence-corrected chi connectivity index (χ0v) is 18.9. The van der Waals surface area contributed by atoms with Crippen molar-refractivity contribution in [3.05, 3.63) is 59.3 Å². The minimum atomic E-state index is 0.503. The Balaban J connectivity index is 1.41. The van der Waals surface area contributed by atoms with Crippen LogP contribution in [0.4, 0.5) is 22.3 Å². The van der Waals surface area contributed by atoms with Crippen LogP contribution in [-0.2, 0) is 0 Å². The van der Waals surface area contributed by atoms with Crippen molar-refractivity contribution in [3.63, 3.8) is 0 Å². The van der Waals surface area contributed by atoms with Gasteiger partial charge in [0, 0.05) is 51.9 Å². The fourth-order valence-electron chi connectivity index (χ4n) is 3.18. The Morgan fingerprint density at radius 2 is 1.73 bits per heavy atom. The molecule has 0 aliphatic rings. The van der Waals surface area contributed by atoms with Crippen LogP contribution in [-0.4, -0.2) is 24.1 Å². The molecule has 5 nitrogen and oxygen atoms in total. The number of benzene rings is 2. The quantitative estimate of drug-likeness (QED) is 0.319. The number of aromatic nitrogens is 2. The smallest absolute Gasteiger partial charge is 0.189 e. The van der Waals surface area contributed by atoms with Crippen molar-refractivity contribution in [1.29, 1.82) is 0 Å². The molecule has 0 saturated carbocycles. The molecule has 3 aromatic heterocycles. The van der Waals surface area contributed by atoms with Gasteiger partial charge in [-0.05, 0) is 30.3 Å². The summed E-state index contributed by atoms with van der Waals surface area (Å²) in [5.41, 5.74) is 10.5. The van der Waals surface area contributed by atoms with Crippen LogP contribution in [0.25, 0.3) is 31.2 Å². The Labute approximate surface area is 186 Å². The Kier molecular flexibility index (Phi) is 4.90. The van der Waals surface area contributed by atoms with Gasteiger partial charge in [0.25, 0.3) is 0 Å². The lowest BCUT2D eigenvalue weighted by molar-refractivity contribution is 1.13. The van der Waals surface area contributed by atoms with Crippen molar-refractivity contribution in [2.45, 2.75) is 0 Å². The molecule has 8 heteroatoms. The standard InChI is InChI=1S/C22H19N5S3/c1-27(2)14-9-7-13(8-10-14)24-22-26-20(23)19(30-22)21-25-17(12-29-21)16-11-28-18-6-4-3-5-15(16)18/h3-12H,23H2,1-2H3,(H,24,26). The molecule has 0 radical (unpaired) electrons. The number of fused-ring (bicyclic) bond motifs is 1. The molecule has 0 bridgehead atoms. The SMILES string of the molecule is CN(C)c1ccc(Nc2nc(N)c(-c3nc(-c4csc5ccccc45)cs3)s2)cc1. The van der Waals surface area contributed by atoms with Crippen molar-refractivity contribution in [2.75, 3.05) is 30.0 Å². The first-order valence-electron chi connectivity index (χ1n) is 9.32. The second kappa shape index (κ2) is 7.71. The van der Waals surface area contributed by atoms with E-state index in [0.717, 1.165) is 32.1 Å². The van der Waals surface area contributed by atoms with E-state index in [1.165, 1.54) is 27.0 Å². The van der Waals surface area contributed by atoms with Gasteiger partial charge in [0.2, 0.25) is 0 Å². The molecule has 150 valence electrons. The van der Waals surface area contributed by atoms with Gasteiger partial charge in [-0.3, -0.25) is 0 Å². The molecule has 5 aromatic rings. The van der Waals surface area contributed by atoms with Crippen LogP contribution in [0.5, 0.6) is 0 Å².